The van der Waals surface area contributed by atoms with Gasteiger partial charge < -0.3 is 19.9 Å². The Hall–Kier alpha value is -3.23. The van der Waals surface area contributed by atoms with Crippen LogP contribution in [0, 0.1) is 5.92 Å². The van der Waals surface area contributed by atoms with E-state index in [0.717, 1.165) is 24.5 Å². The molecule has 0 unspecified atom stereocenters. The number of ketones is 1. The zero-order chi connectivity index (χ0) is 25.8. The van der Waals surface area contributed by atoms with E-state index in [2.05, 4.69) is 5.32 Å². The summed E-state index contributed by atoms with van der Waals surface area (Å²) in [6, 6.07) is 9.04. The highest BCUT2D eigenvalue weighted by Gasteiger charge is 2.40. The van der Waals surface area contributed by atoms with Gasteiger partial charge in [-0.25, -0.2) is 4.79 Å². The van der Waals surface area contributed by atoms with Crippen molar-refractivity contribution in [2.75, 3.05) is 0 Å². The molecule has 1 aliphatic carbocycles. The lowest BCUT2D eigenvalue weighted by atomic mass is 9.93. The summed E-state index contributed by atoms with van der Waals surface area (Å²) in [5.41, 5.74) is -0.928. The predicted molar refractivity (Wildman–Crippen MR) is 123 cm³/mol. The van der Waals surface area contributed by atoms with E-state index in [1.54, 1.807) is 45.0 Å². The Balaban J connectivity index is 1.68. The number of alkyl carbamates (subject to hydrolysis) is 1. The van der Waals surface area contributed by atoms with Crippen LogP contribution in [0.2, 0.25) is 0 Å². The van der Waals surface area contributed by atoms with Gasteiger partial charge in [0.25, 0.3) is 0 Å². The quantitative estimate of drug-likeness (QED) is 0.437. The Morgan fingerprint density at radius 1 is 1.00 bits per heavy atom. The van der Waals surface area contributed by atoms with Crippen molar-refractivity contribution < 1.29 is 37.3 Å². The van der Waals surface area contributed by atoms with Crippen LogP contribution in [0.3, 0.4) is 0 Å². The fraction of sp³-hybridized carbons (Fsp3) is 0.462. The van der Waals surface area contributed by atoms with Gasteiger partial charge in [-0.15, -0.1) is 0 Å². The zero-order valence-electron chi connectivity index (χ0n) is 20.0. The number of carbonyl (C=O) groups excluding carboxylic acids is 2. The number of hydrogen-bond acceptors (Lipinski definition) is 5. The van der Waals surface area contributed by atoms with E-state index in [1.165, 1.54) is 6.07 Å². The summed E-state index contributed by atoms with van der Waals surface area (Å²) in [5, 5.41) is 13.0. The van der Waals surface area contributed by atoms with E-state index < -0.39 is 40.7 Å². The molecule has 2 aromatic carbocycles. The van der Waals surface area contributed by atoms with Crippen LogP contribution in [-0.4, -0.2) is 22.6 Å². The first-order chi connectivity index (χ1) is 16.3. The number of amides is 1. The van der Waals surface area contributed by atoms with Crippen molar-refractivity contribution in [3.05, 3.63) is 58.7 Å². The number of rotatable bonds is 7. The lowest BCUT2D eigenvalue weighted by Gasteiger charge is -2.19. The van der Waals surface area contributed by atoms with Crippen molar-refractivity contribution in [1.29, 1.82) is 0 Å². The third-order valence-electron chi connectivity index (χ3n) is 5.67. The summed E-state index contributed by atoms with van der Waals surface area (Å²) in [6.45, 7) is 5.31. The maximum atomic E-state index is 13.8. The van der Waals surface area contributed by atoms with Crippen LogP contribution in [0.25, 0.3) is 0 Å². The average molecular weight is 494 g/mol. The fourth-order valence-corrected chi connectivity index (χ4v) is 3.98. The molecule has 0 heterocycles. The first kappa shape index (κ1) is 26.4. The molecule has 9 heteroatoms. The number of aromatic hydroxyl groups is 1. The fourth-order valence-electron chi connectivity index (χ4n) is 3.98. The van der Waals surface area contributed by atoms with E-state index in [9.17, 15) is 27.9 Å². The van der Waals surface area contributed by atoms with Gasteiger partial charge in [0, 0.05) is 12.5 Å². The third-order valence-corrected chi connectivity index (χ3v) is 5.67. The van der Waals surface area contributed by atoms with Gasteiger partial charge in [0.2, 0.25) is 0 Å². The number of alkyl halides is 3. The van der Waals surface area contributed by atoms with Crippen LogP contribution in [-0.2, 0) is 24.1 Å². The Bertz CT molecular complexity index is 1050. The molecule has 0 radical (unpaired) electrons. The number of Topliss-reactive ketones (excluding diaryl/α,β-unsaturated/α-hetero) is 1. The van der Waals surface area contributed by atoms with Crippen LogP contribution in [0.1, 0.15) is 73.5 Å². The van der Waals surface area contributed by atoms with Crippen molar-refractivity contribution >= 4 is 11.9 Å². The number of phenols is 1. The molecule has 1 saturated carbocycles. The molecule has 35 heavy (non-hydrogen) atoms. The summed E-state index contributed by atoms with van der Waals surface area (Å²) in [5.74, 6) is -2.46. The van der Waals surface area contributed by atoms with Crippen LogP contribution in [0.15, 0.2) is 36.4 Å². The molecule has 0 atom stereocenters. The van der Waals surface area contributed by atoms with Crippen molar-refractivity contribution in [1.82, 2.24) is 5.32 Å². The molecule has 0 spiro atoms. The molecule has 0 aromatic heterocycles. The van der Waals surface area contributed by atoms with Crippen LogP contribution in [0.5, 0.6) is 11.5 Å². The van der Waals surface area contributed by atoms with Crippen molar-refractivity contribution in [3.8, 4) is 11.5 Å². The highest BCUT2D eigenvalue weighted by Crippen LogP contribution is 2.45. The van der Waals surface area contributed by atoms with Crippen molar-refractivity contribution in [2.45, 2.75) is 71.4 Å². The molecular formula is C26H30F3NO5. The van der Waals surface area contributed by atoms with Gasteiger partial charge in [-0.2, -0.15) is 13.2 Å². The van der Waals surface area contributed by atoms with E-state index in [-0.39, 0.29) is 24.6 Å². The zero-order valence-corrected chi connectivity index (χ0v) is 20.0. The molecule has 2 N–H and O–H groups in total. The van der Waals surface area contributed by atoms with Gasteiger partial charge >= 0.3 is 12.3 Å². The molecular weight excluding hydrogens is 463 g/mol. The summed E-state index contributed by atoms with van der Waals surface area (Å²) in [6.07, 6.45) is -2.54. The topological polar surface area (TPSA) is 84.9 Å². The molecule has 190 valence electrons. The lowest BCUT2D eigenvalue weighted by molar-refractivity contribution is -0.140. The normalized spacial score (nSPS) is 14.6. The second kappa shape index (κ2) is 10.6. The van der Waals surface area contributed by atoms with Gasteiger partial charge in [-0.1, -0.05) is 37.1 Å². The predicted octanol–water partition coefficient (Wildman–Crippen LogP) is 6.39. The lowest BCUT2D eigenvalue weighted by Crippen LogP contribution is -2.32. The number of carbonyl (C=O) groups is 2. The third kappa shape index (κ3) is 7.13. The summed E-state index contributed by atoms with van der Waals surface area (Å²) < 4.78 is 51.9. The first-order valence-electron chi connectivity index (χ1n) is 11.5. The maximum absolute atomic E-state index is 13.8. The minimum atomic E-state index is -4.90. The number of hydrogen-bond donors (Lipinski definition) is 2. The van der Waals surface area contributed by atoms with E-state index >= 15 is 0 Å². The Labute approximate surface area is 202 Å². The summed E-state index contributed by atoms with van der Waals surface area (Å²) in [4.78, 5) is 24.4. The van der Waals surface area contributed by atoms with Crippen molar-refractivity contribution in [3.63, 3.8) is 0 Å². The minimum absolute atomic E-state index is 0.182. The van der Waals surface area contributed by atoms with E-state index in [1.807, 2.05) is 0 Å². The van der Waals surface area contributed by atoms with Gasteiger partial charge in [0.05, 0.1) is 5.56 Å². The van der Waals surface area contributed by atoms with Gasteiger partial charge in [-0.05, 0) is 56.9 Å². The Morgan fingerprint density at radius 2 is 1.60 bits per heavy atom. The van der Waals surface area contributed by atoms with Gasteiger partial charge in [0.1, 0.15) is 29.3 Å². The monoisotopic (exact) mass is 493 g/mol. The summed E-state index contributed by atoms with van der Waals surface area (Å²) >= 11 is 0. The SMILES string of the molecule is CC(C)(C)OC(=O)NCc1ccc(COc2ccc(C(=O)C3CCCC3)c(O)c2C(F)(F)F)cc1. The number of nitrogens with one attached hydrogen (secondary N) is 1. The minimum Gasteiger partial charge on any atom is -0.506 e. The standard InChI is InChI=1S/C26H30F3NO5/c1-25(2,3)35-24(33)30-14-16-8-10-17(11-9-16)15-34-20-13-12-19(22(31)18-6-4-5-7-18)23(32)21(20)26(27,28)29/h8-13,18,32H,4-7,14-15H2,1-3H3,(H,30,33). The highest BCUT2D eigenvalue weighted by molar-refractivity contribution is 6.01. The Morgan fingerprint density at radius 3 is 2.17 bits per heavy atom. The summed E-state index contributed by atoms with van der Waals surface area (Å²) in [7, 11) is 0. The maximum Gasteiger partial charge on any atom is 0.423 e. The van der Waals surface area contributed by atoms with Crippen LogP contribution >= 0.6 is 0 Å². The van der Waals surface area contributed by atoms with E-state index in [0.29, 0.717) is 18.4 Å². The molecule has 0 aliphatic heterocycles. The molecule has 0 saturated heterocycles. The second-order valence-electron chi connectivity index (χ2n) is 9.64. The van der Waals surface area contributed by atoms with Crippen molar-refractivity contribution in [2.24, 2.45) is 5.92 Å². The molecule has 3 rings (SSSR count). The highest BCUT2D eigenvalue weighted by atomic mass is 19.4. The van der Waals surface area contributed by atoms with Gasteiger partial charge in [0.15, 0.2) is 5.78 Å². The molecule has 1 aliphatic rings. The number of phenolic OH excluding ortho intramolecular Hbond substituents is 1. The number of ether oxygens (including phenoxy) is 2. The van der Waals surface area contributed by atoms with Gasteiger partial charge in [-0.3, -0.25) is 4.79 Å². The molecule has 2 aromatic rings. The number of halogens is 3. The largest absolute Gasteiger partial charge is 0.506 e. The Kier molecular flexibility index (Phi) is 7.97. The molecule has 1 amide bonds. The van der Waals surface area contributed by atoms with Crippen LogP contribution < -0.4 is 10.1 Å². The number of benzene rings is 2. The van der Waals surface area contributed by atoms with E-state index in [4.69, 9.17) is 9.47 Å². The average Bonchev–Trinajstić information content (AvgIpc) is 3.29. The van der Waals surface area contributed by atoms with Crippen LogP contribution in [0.4, 0.5) is 18.0 Å². The first-order valence-corrected chi connectivity index (χ1v) is 11.5. The molecule has 0 bridgehead atoms. The molecule has 1 fully saturated rings. The second-order valence-corrected chi connectivity index (χ2v) is 9.64. The smallest absolute Gasteiger partial charge is 0.423 e. The molecule has 6 nitrogen and oxygen atoms in total.